The van der Waals surface area contributed by atoms with Gasteiger partial charge < -0.3 is 25.4 Å². The van der Waals surface area contributed by atoms with Crippen molar-refractivity contribution in [1.82, 2.24) is 15.5 Å². The molecule has 6 heteroatoms. The number of unbranched alkanes of at least 4 members (excludes halogenated alkanes) is 1. The molecule has 0 spiro atoms. The van der Waals surface area contributed by atoms with Gasteiger partial charge in [0, 0.05) is 45.3 Å². The second kappa shape index (κ2) is 14.3. The molecule has 2 aliphatic rings. The lowest BCUT2D eigenvalue weighted by Crippen LogP contribution is -2.54. The first-order valence-corrected chi connectivity index (χ1v) is 14.4. The molecule has 204 valence electrons. The maximum atomic E-state index is 13.4. The quantitative estimate of drug-likeness (QED) is 0.340. The standard InChI is InChI=1S/C30H51N3O3/c1-23-14-15-24(2)28(19-23)30(35,16-8-9-18-36-4)26-13-10-17-33(22-26)29(34)32-27(21-31-3)20-25-11-6-5-7-12-25/h14-15,19,25-27,31,35H,5-13,16-18,20-22H2,1-4H3,(H,32,34). The minimum atomic E-state index is -0.949. The summed E-state index contributed by atoms with van der Waals surface area (Å²) >= 11 is 0. The summed E-state index contributed by atoms with van der Waals surface area (Å²) in [5.74, 6) is 0.731. The van der Waals surface area contributed by atoms with Gasteiger partial charge in [-0.15, -0.1) is 0 Å². The predicted octanol–water partition coefficient (Wildman–Crippen LogP) is 5.29. The highest BCUT2D eigenvalue weighted by Crippen LogP contribution is 2.41. The van der Waals surface area contributed by atoms with E-state index in [-0.39, 0.29) is 18.0 Å². The lowest BCUT2D eigenvalue weighted by atomic mass is 9.72. The number of rotatable bonds is 12. The van der Waals surface area contributed by atoms with Crippen LogP contribution >= 0.6 is 0 Å². The molecular weight excluding hydrogens is 450 g/mol. The van der Waals surface area contributed by atoms with Crippen LogP contribution in [0.2, 0.25) is 0 Å². The Hall–Kier alpha value is -1.63. The van der Waals surface area contributed by atoms with Crippen LogP contribution in [0.15, 0.2) is 18.2 Å². The molecule has 6 nitrogen and oxygen atoms in total. The highest BCUT2D eigenvalue weighted by Gasteiger charge is 2.42. The summed E-state index contributed by atoms with van der Waals surface area (Å²) in [5.41, 5.74) is 2.36. The number of carbonyl (C=O) groups excluding carboxylic acids is 1. The molecule has 0 radical (unpaired) electrons. The average molecular weight is 502 g/mol. The Kier molecular flexibility index (Phi) is 11.5. The fraction of sp³-hybridized carbons (Fsp3) is 0.767. The maximum Gasteiger partial charge on any atom is 0.317 e. The lowest BCUT2D eigenvalue weighted by molar-refractivity contribution is -0.0568. The van der Waals surface area contributed by atoms with Crippen LogP contribution in [-0.2, 0) is 10.3 Å². The summed E-state index contributed by atoms with van der Waals surface area (Å²) in [6, 6.07) is 6.55. The fourth-order valence-corrected chi connectivity index (χ4v) is 6.48. The van der Waals surface area contributed by atoms with Crippen molar-refractivity contribution >= 4 is 6.03 Å². The molecule has 3 unspecified atom stereocenters. The van der Waals surface area contributed by atoms with Crippen molar-refractivity contribution in [3.8, 4) is 0 Å². The number of hydrogen-bond acceptors (Lipinski definition) is 4. The second-order valence-electron chi connectivity index (χ2n) is 11.4. The summed E-state index contributed by atoms with van der Waals surface area (Å²) in [7, 11) is 3.69. The Morgan fingerprint density at radius 3 is 2.67 bits per heavy atom. The summed E-state index contributed by atoms with van der Waals surface area (Å²) in [4.78, 5) is 15.4. The third kappa shape index (κ3) is 7.93. The van der Waals surface area contributed by atoms with Crippen LogP contribution < -0.4 is 10.6 Å². The van der Waals surface area contributed by atoms with E-state index in [0.29, 0.717) is 25.5 Å². The van der Waals surface area contributed by atoms with E-state index in [4.69, 9.17) is 4.74 Å². The van der Waals surface area contributed by atoms with E-state index in [2.05, 4.69) is 42.7 Å². The maximum absolute atomic E-state index is 13.4. The SMILES string of the molecule is CNCC(CC1CCCCC1)NC(=O)N1CCCC(C(O)(CCCCOC)c2cc(C)ccc2C)C1. The predicted molar refractivity (Wildman–Crippen MR) is 147 cm³/mol. The number of nitrogens with zero attached hydrogens (tertiary/aromatic N) is 1. The molecule has 0 aromatic heterocycles. The largest absolute Gasteiger partial charge is 0.385 e. The molecule has 2 fully saturated rings. The van der Waals surface area contributed by atoms with Crippen LogP contribution in [0.25, 0.3) is 0 Å². The van der Waals surface area contributed by atoms with E-state index in [1.807, 2.05) is 11.9 Å². The zero-order valence-corrected chi connectivity index (χ0v) is 23.3. The molecule has 3 atom stereocenters. The zero-order valence-electron chi connectivity index (χ0n) is 23.3. The zero-order chi connectivity index (χ0) is 26.0. The second-order valence-corrected chi connectivity index (χ2v) is 11.4. The molecule has 2 amide bonds. The molecule has 1 aromatic rings. The number of amides is 2. The van der Waals surface area contributed by atoms with Gasteiger partial charge >= 0.3 is 6.03 Å². The summed E-state index contributed by atoms with van der Waals surface area (Å²) in [5, 5.41) is 18.9. The number of nitrogens with one attached hydrogen (secondary N) is 2. The van der Waals surface area contributed by atoms with Crippen molar-refractivity contribution in [2.24, 2.45) is 11.8 Å². The molecule has 1 heterocycles. The first-order chi connectivity index (χ1) is 17.4. The van der Waals surface area contributed by atoms with E-state index >= 15 is 0 Å². The Morgan fingerprint density at radius 2 is 1.94 bits per heavy atom. The van der Waals surface area contributed by atoms with Gasteiger partial charge in [0.05, 0.1) is 5.60 Å². The van der Waals surface area contributed by atoms with Crippen LogP contribution in [0, 0.1) is 25.7 Å². The molecule has 0 bridgehead atoms. The van der Waals surface area contributed by atoms with Gasteiger partial charge in [-0.2, -0.15) is 0 Å². The third-order valence-electron chi connectivity index (χ3n) is 8.52. The average Bonchev–Trinajstić information content (AvgIpc) is 2.88. The van der Waals surface area contributed by atoms with Crippen molar-refractivity contribution in [2.45, 2.75) is 96.1 Å². The highest BCUT2D eigenvalue weighted by atomic mass is 16.5. The number of likely N-dealkylation sites (N-methyl/N-ethyl adjacent to an activating group) is 1. The number of benzene rings is 1. The molecular formula is C30H51N3O3. The Balaban J connectivity index is 1.72. The number of urea groups is 1. The minimum Gasteiger partial charge on any atom is -0.385 e. The number of likely N-dealkylation sites (tertiary alicyclic amines) is 1. The molecule has 1 aliphatic heterocycles. The van der Waals surface area contributed by atoms with E-state index in [9.17, 15) is 9.90 Å². The van der Waals surface area contributed by atoms with Crippen LogP contribution in [0.5, 0.6) is 0 Å². The van der Waals surface area contributed by atoms with Crippen molar-refractivity contribution in [1.29, 1.82) is 0 Å². The van der Waals surface area contributed by atoms with Crippen LogP contribution in [0.3, 0.4) is 0 Å². The van der Waals surface area contributed by atoms with Crippen molar-refractivity contribution in [2.75, 3.05) is 40.4 Å². The van der Waals surface area contributed by atoms with Crippen LogP contribution in [0.4, 0.5) is 4.79 Å². The first kappa shape index (κ1) is 28.9. The Bertz CT molecular complexity index is 811. The monoisotopic (exact) mass is 501 g/mol. The van der Waals surface area contributed by atoms with Crippen molar-refractivity contribution < 1.29 is 14.6 Å². The van der Waals surface area contributed by atoms with Crippen LogP contribution in [-0.4, -0.2) is 62.5 Å². The molecule has 36 heavy (non-hydrogen) atoms. The van der Waals surface area contributed by atoms with Gasteiger partial charge in [-0.3, -0.25) is 0 Å². The van der Waals surface area contributed by atoms with E-state index in [1.165, 1.54) is 32.1 Å². The van der Waals surface area contributed by atoms with E-state index in [1.54, 1.807) is 7.11 Å². The van der Waals surface area contributed by atoms with E-state index < -0.39 is 5.60 Å². The topological polar surface area (TPSA) is 73.8 Å². The van der Waals surface area contributed by atoms with Gasteiger partial charge in [0.1, 0.15) is 0 Å². The van der Waals surface area contributed by atoms with Gasteiger partial charge in [-0.25, -0.2) is 4.79 Å². The Labute approximate surface area is 219 Å². The van der Waals surface area contributed by atoms with Gasteiger partial charge in [0.2, 0.25) is 0 Å². The Morgan fingerprint density at radius 1 is 1.17 bits per heavy atom. The normalized spacial score (nSPS) is 21.7. The molecule has 3 N–H and O–H groups in total. The smallest absolute Gasteiger partial charge is 0.317 e. The molecule has 1 saturated heterocycles. The van der Waals surface area contributed by atoms with Crippen molar-refractivity contribution in [3.63, 3.8) is 0 Å². The van der Waals surface area contributed by atoms with E-state index in [0.717, 1.165) is 61.9 Å². The summed E-state index contributed by atoms with van der Waals surface area (Å²) in [6.07, 6.45) is 12.0. The van der Waals surface area contributed by atoms with Crippen molar-refractivity contribution in [3.05, 3.63) is 34.9 Å². The number of hydrogen-bond donors (Lipinski definition) is 3. The number of aliphatic hydroxyl groups is 1. The lowest BCUT2D eigenvalue weighted by Gasteiger charge is -2.44. The van der Waals surface area contributed by atoms with Gasteiger partial charge in [0.15, 0.2) is 0 Å². The number of carbonyl (C=O) groups is 1. The molecule has 1 saturated carbocycles. The first-order valence-electron chi connectivity index (χ1n) is 14.4. The van der Waals surface area contributed by atoms with Gasteiger partial charge in [-0.1, -0.05) is 55.9 Å². The minimum absolute atomic E-state index is 0.0149. The van der Waals surface area contributed by atoms with Crippen LogP contribution in [0.1, 0.15) is 87.3 Å². The number of methoxy groups -OCH3 is 1. The van der Waals surface area contributed by atoms with Gasteiger partial charge in [0.25, 0.3) is 0 Å². The summed E-state index contributed by atoms with van der Waals surface area (Å²) in [6.45, 7) is 7.03. The summed E-state index contributed by atoms with van der Waals surface area (Å²) < 4.78 is 5.26. The fourth-order valence-electron chi connectivity index (χ4n) is 6.48. The highest BCUT2D eigenvalue weighted by molar-refractivity contribution is 5.74. The molecule has 3 rings (SSSR count). The number of piperidine rings is 1. The number of ether oxygens (including phenoxy) is 1. The molecule has 1 aliphatic carbocycles. The molecule has 1 aromatic carbocycles. The van der Waals surface area contributed by atoms with Gasteiger partial charge in [-0.05, 0) is 76.5 Å². The number of aryl methyl sites for hydroxylation is 2. The third-order valence-corrected chi connectivity index (χ3v) is 8.52.